The fraction of sp³-hybridized carbons (Fsp3) is 0.368. The first kappa shape index (κ1) is 18.6. The van der Waals surface area contributed by atoms with Gasteiger partial charge < -0.3 is 15.5 Å². The van der Waals surface area contributed by atoms with Crippen molar-refractivity contribution in [1.82, 2.24) is 15.7 Å². The summed E-state index contributed by atoms with van der Waals surface area (Å²) in [4.78, 5) is 27.7. The van der Waals surface area contributed by atoms with Crippen LogP contribution in [-0.4, -0.2) is 22.6 Å². The molecule has 2 heterocycles. The van der Waals surface area contributed by atoms with E-state index < -0.39 is 6.03 Å². The van der Waals surface area contributed by atoms with Crippen molar-refractivity contribution in [1.29, 1.82) is 0 Å². The fourth-order valence-corrected chi connectivity index (χ4v) is 3.31. The quantitative estimate of drug-likeness (QED) is 0.715. The maximum Gasteiger partial charge on any atom is 0.332 e. The molecule has 0 aliphatic heterocycles. The molecule has 0 bridgehead atoms. The zero-order valence-electron chi connectivity index (χ0n) is 15.6. The summed E-state index contributed by atoms with van der Waals surface area (Å²) in [6.07, 6.45) is 4.69. The van der Waals surface area contributed by atoms with Gasteiger partial charge in [0.25, 0.3) is 5.91 Å². The van der Waals surface area contributed by atoms with E-state index in [2.05, 4.69) is 34.7 Å². The fourth-order valence-electron chi connectivity index (χ4n) is 3.31. The van der Waals surface area contributed by atoms with Gasteiger partial charge in [-0.05, 0) is 30.4 Å². The molecular weight excluding hydrogens is 346 g/mol. The minimum absolute atomic E-state index is 0.112. The molecule has 0 fully saturated rings. The van der Waals surface area contributed by atoms with Gasteiger partial charge in [0.15, 0.2) is 5.76 Å². The Morgan fingerprint density at radius 3 is 2.81 bits per heavy atom. The Balaban J connectivity index is 1.88. The lowest BCUT2D eigenvalue weighted by molar-refractivity contribution is 0.0919. The summed E-state index contributed by atoms with van der Waals surface area (Å²) in [6.45, 7) is 6.33. The van der Waals surface area contributed by atoms with Gasteiger partial charge in [0, 0.05) is 36.5 Å². The molecule has 0 unspecified atom stereocenters. The SMILES string of the molecule is Cc1c(C(=O)NCc2cccnc2)oc2c1/C(=N\NC(N)=O)CC(C)(C)C2. The van der Waals surface area contributed by atoms with Crippen LogP contribution in [0, 0.1) is 12.3 Å². The Labute approximate surface area is 157 Å². The number of fused-ring (bicyclic) bond motifs is 1. The van der Waals surface area contributed by atoms with Crippen molar-refractivity contribution in [3.05, 3.63) is 52.7 Å². The predicted octanol–water partition coefficient (Wildman–Crippen LogP) is 2.26. The number of pyridine rings is 1. The number of hydrazone groups is 1. The van der Waals surface area contributed by atoms with Gasteiger partial charge in [-0.2, -0.15) is 5.10 Å². The van der Waals surface area contributed by atoms with Gasteiger partial charge >= 0.3 is 6.03 Å². The van der Waals surface area contributed by atoms with Gasteiger partial charge in [-0.3, -0.25) is 9.78 Å². The van der Waals surface area contributed by atoms with E-state index in [0.29, 0.717) is 36.4 Å². The normalized spacial score (nSPS) is 16.6. The summed E-state index contributed by atoms with van der Waals surface area (Å²) in [5.74, 6) is 0.652. The number of aromatic nitrogens is 1. The van der Waals surface area contributed by atoms with Crippen LogP contribution in [0.15, 0.2) is 34.0 Å². The molecule has 0 atom stereocenters. The van der Waals surface area contributed by atoms with E-state index >= 15 is 0 Å². The first-order valence-electron chi connectivity index (χ1n) is 8.68. The monoisotopic (exact) mass is 369 g/mol. The van der Waals surface area contributed by atoms with Crippen molar-refractivity contribution in [3.8, 4) is 0 Å². The van der Waals surface area contributed by atoms with Crippen LogP contribution in [0.25, 0.3) is 0 Å². The van der Waals surface area contributed by atoms with Crippen LogP contribution in [0.4, 0.5) is 4.79 Å². The highest BCUT2D eigenvalue weighted by atomic mass is 16.4. The lowest BCUT2D eigenvalue weighted by Gasteiger charge is -2.29. The molecule has 1 aliphatic carbocycles. The molecule has 0 aromatic carbocycles. The van der Waals surface area contributed by atoms with E-state index in [-0.39, 0.29) is 17.1 Å². The summed E-state index contributed by atoms with van der Waals surface area (Å²) in [5.41, 5.74) is 10.3. The Hall–Kier alpha value is -3.16. The first-order valence-corrected chi connectivity index (χ1v) is 8.68. The second-order valence-electron chi connectivity index (χ2n) is 7.45. The average Bonchev–Trinajstić information content (AvgIpc) is 2.93. The molecule has 3 rings (SSSR count). The molecule has 3 amide bonds. The second kappa shape index (κ2) is 7.22. The minimum Gasteiger partial charge on any atom is -0.455 e. The van der Waals surface area contributed by atoms with Crippen LogP contribution in [-0.2, 0) is 13.0 Å². The summed E-state index contributed by atoms with van der Waals surface area (Å²) < 4.78 is 5.91. The molecule has 142 valence electrons. The number of furan rings is 1. The van der Waals surface area contributed by atoms with Crippen molar-refractivity contribution in [2.24, 2.45) is 16.3 Å². The van der Waals surface area contributed by atoms with Crippen molar-refractivity contribution in [2.75, 3.05) is 0 Å². The van der Waals surface area contributed by atoms with Crippen LogP contribution in [0.5, 0.6) is 0 Å². The van der Waals surface area contributed by atoms with Crippen molar-refractivity contribution in [3.63, 3.8) is 0 Å². The van der Waals surface area contributed by atoms with Crippen molar-refractivity contribution >= 4 is 17.6 Å². The topological polar surface area (TPSA) is 123 Å². The molecule has 2 aromatic rings. The van der Waals surface area contributed by atoms with Gasteiger partial charge in [0.2, 0.25) is 0 Å². The third kappa shape index (κ3) is 4.16. The molecule has 0 spiro atoms. The number of carbonyl (C=O) groups excluding carboxylic acids is 2. The highest BCUT2D eigenvalue weighted by Crippen LogP contribution is 2.38. The van der Waals surface area contributed by atoms with Gasteiger partial charge in [0.1, 0.15) is 5.76 Å². The molecule has 2 aromatic heterocycles. The van der Waals surface area contributed by atoms with Crippen LogP contribution in [0.1, 0.15) is 53.3 Å². The number of nitrogens with one attached hydrogen (secondary N) is 2. The van der Waals surface area contributed by atoms with Crippen molar-refractivity contribution in [2.45, 2.75) is 40.2 Å². The summed E-state index contributed by atoms with van der Waals surface area (Å²) in [7, 11) is 0. The zero-order chi connectivity index (χ0) is 19.6. The number of urea groups is 1. The van der Waals surface area contributed by atoms with Crippen molar-refractivity contribution < 1.29 is 14.0 Å². The molecule has 27 heavy (non-hydrogen) atoms. The van der Waals surface area contributed by atoms with Gasteiger partial charge in [0.05, 0.1) is 5.71 Å². The summed E-state index contributed by atoms with van der Waals surface area (Å²) >= 11 is 0. The summed E-state index contributed by atoms with van der Waals surface area (Å²) in [5, 5.41) is 6.99. The molecule has 8 heteroatoms. The number of hydrogen-bond donors (Lipinski definition) is 3. The molecule has 0 saturated carbocycles. The van der Waals surface area contributed by atoms with Crippen LogP contribution >= 0.6 is 0 Å². The predicted molar refractivity (Wildman–Crippen MR) is 100 cm³/mol. The van der Waals surface area contributed by atoms with E-state index in [0.717, 1.165) is 11.1 Å². The van der Waals surface area contributed by atoms with E-state index in [1.165, 1.54) is 0 Å². The minimum atomic E-state index is -0.733. The van der Waals surface area contributed by atoms with Crippen LogP contribution < -0.4 is 16.5 Å². The largest absolute Gasteiger partial charge is 0.455 e. The third-order valence-corrected chi connectivity index (χ3v) is 4.48. The second-order valence-corrected chi connectivity index (χ2v) is 7.45. The average molecular weight is 369 g/mol. The molecule has 8 nitrogen and oxygen atoms in total. The van der Waals surface area contributed by atoms with Gasteiger partial charge in [-0.25, -0.2) is 10.2 Å². The molecular formula is C19H23N5O3. The maximum atomic E-state index is 12.6. The first-order chi connectivity index (χ1) is 12.8. The Kier molecular flexibility index (Phi) is 4.98. The number of nitrogens with zero attached hydrogens (tertiary/aromatic N) is 2. The number of rotatable bonds is 4. The number of primary amides is 1. The standard InChI is InChI=1S/C19H23N5O3/c1-11-15-13(23-24-18(20)26)7-19(2,3)8-14(15)27-16(11)17(25)22-10-12-5-4-6-21-9-12/h4-6,9H,7-8,10H2,1-3H3,(H,22,25)(H3,20,24,26)/b23-13-. The highest BCUT2D eigenvalue weighted by Gasteiger charge is 2.36. The number of carbonyl (C=O) groups is 2. The number of nitrogens with two attached hydrogens (primary N) is 1. The van der Waals surface area contributed by atoms with E-state index in [9.17, 15) is 9.59 Å². The Morgan fingerprint density at radius 1 is 1.37 bits per heavy atom. The maximum absolute atomic E-state index is 12.6. The van der Waals surface area contributed by atoms with E-state index in [1.54, 1.807) is 12.4 Å². The highest BCUT2D eigenvalue weighted by molar-refractivity contribution is 6.07. The smallest absolute Gasteiger partial charge is 0.332 e. The third-order valence-electron chi connectivity index (χ3n) is 4.48. The Morgan fingerprint density at radius 2 is 2.15 bits per heavy atom. The van der Waals surface area contributed by atoms with Gasteiger partial charge in [-0.15, -0.1) is 0 Å². The molecule has 1 aliphatic rings. The lowest BCUT2D eigenvalue weighted by Crippen LogP contribution is -2.31. The van der Waals surface area contributed by atoms with Crippen LogP contribution in [0.2, 0.25) is 0 Å². The summed E-state index contributed by atoms with van der Waals surface area (Å²) in [6, 6.07) is 2.97. The number of amides is 3. The van der Waals surface area contributed by atoms with E-state index in [1.807, 2.05) is 19.1 Å². The van der Waals surface area contributed by atoms with E-state index in [4.69, 9.17) is 10.2 Å². The zero-order valence-corrected chi connectivity index (χ0v) is 15.6. The molecule has 4 N–H and O–H groups in total. The van der Waals surface area contributed by atoms with Gasteiger partial charge in [-0.1, -0.05) is 19.9 Å². The lowest BCUT2D eigenvalue weighted by atomic mass is 9.75. The molecule has 0 radical (unpaired) electrons. The Bertz CT molecular complexity index is 900. The molecule has 0 saturated heterocycles. The van der Waals surface area contributed by atoms with Crippen LogP contribution in [0.3, 0.4) is 0 Å². The number of hydrogen-bond acceptors (Lipinski definition) is 5.